The molecule has 1 aromatic carbocycles. The highest BCUT2D eigenvalue weighted by molar-refractivity contribution is 5.94. The second kappa shape index (κ2) is 7.53. The van der Waals surface area contributed by atoms with Gasteiger partial charge in [0.1, 0.15) is 18.2 Å². The number of carbonyl (C=O) groups excluding carboxylic acids is 1. The van der Waals surface area contributed by atoms with Crippen LogP contribution in [0.4, 0.5) is 20.3 Å². The number of pyridine rings is 1. The van der Waals surface area contributed by atoms with Crippen LogP contribution < -0.4 is 25.6 Å². The SMILES string of the molecule is O=C(N[C@H]1COc2c(F)c(N3CC4CCC(C3)N4)cc(F)c2C1)c1cnc2c(c1)[C@@H]1C[C@@H]1CN2. The zero-order valence-corrected chi connectivity index (χ0v) is 18.7. The summed E-state index contributed by atoms with van der Waals surface area (Å²) in [6.07, 6.45) is 5.00. The third-order valence-electron chi connectivity index (χ3n) is 8.06. The van der Waals surface area contributed by atoms with E-state index in [0.29, 0.717) is 42.6 Å². The van der Waals surface area contributed by atoms with E-state index < -0.39 is 17.7 Å². The van der Waals surface area contributed by atoms with E-state index in [9.17, 15) is 4.79 Å². The van der Waals surface area contributed by atoms with Crippen LogP contribution in [0.15, 0.2) is 18.3 Å². The van der Waals surface area contributed by atoms with Crippen LogP contribution in [-0.2, 0) is 6.42 Å². The van der Waals surface area contributed by atoms with Crippen molar-refractivity contribution >= 4 is 17.4 Å². The van der Waals surface area contributed by atoms with Gasteiger partial charge in [-0.1, -0.05) is 0 Å². The Bertz CT molecular complexity index is 1180. The molecular formula is C25H27F2N5O2. The number of aromatic nitrogens is 1. The monoisotopic (exact) mass is 467 g/mol. The van der Waals surface area contributed by atoms with Crippen LogP contribution in [-0.4, -0.2) is 55.3 Å². The molecule has 2 bridgehead atoms. The van der Waals surface area contributed by atoms with Crippen molar-refractivity contribution in [3.05, 3.63) is 46.7 Å². The Hall–Kier alpha value is -2.94. The minimum Gasteiger partial charge on any atom is -0.488 e. The number of piperazine rings is 1. The molecule has 7 nitrogen and oxygen atoms in total. The zero-order chi connectivity index (χ0) is 23.0. The smallest absolute Gasteiger partial charge is 0.253 e. The molecule has 1 aromatic heterocycles. The quantitative estimate of drug-likeness (QED) is 0.644. The molecule has 3 fully saturated rings. The maximum Gasteiger partial charge on any atom is 0.253 e. The molecule has 2 unspecified atom stereocenters. The van der Waals surface area contributed by atoms with Crippen molar-refractivity contribution in [2.24, 2.45) is 5.92 Å². The van der Waals surface area contributed by atoms with Gasteiger partial charge in [0, 0.05) is 56.0 Å². The number of anilines is 2. The molecule has 5 atom stereocenters. The van der Waals surface area contributed by atoms with E-state index in [1.165, 1.54) is 6.07 Å². The molecule has 0 radical (unpaired) electrons. The first kappa shape index (κ1) is 20.4. The molecule has 3 N–H and O–H groups in total. The maximum absolute atomic E-state index is 15.4. The van der Waals surface area contributed by atoms with E-state index in [0.717, 1.165) is 37.2 Å². The molecule has 5 heterocycles. The lowest BCUT2D eigenvalue weighted by atomic mass is 9.99. The molecular weight excluding hydrogens is 440 g/mol. The number of amides is 1. The third kappa shape index (κ3) is 3.32. The summed E-state index contributed by atoms with van der Waals surface area (Å²) in [6.45, 7) is 2.36. The fourth-order valence-corrected chi connectivity index (χ4v) is 6.16. The lowest BCUT2D eigenvalue weighted by Crippen LogP contribution is -2.51. The van der Waals surface area contributed by atoms with Crippen LogP contribution in [0.25, 0.3) is 0 Å². The van der Waals surface area contributed by atoms with E-state index in [-0.39, 0.29) is 35.9 Å². The Morgan fingerprint density at radius 1 is 1.21 bits per heavy atom. The summed E-state index contributed by atoms with van der Waals surface area (Å²) in [7, 11) is 0. The second-order valence-corrected chi connectivity index (χ2v) is 10.4. The summed E-state index contributed by atoms with van der Waals surface area (Å²) < 4.78 is 36.2. The van der Waals surface area contributed by atoms with Crippen molar-refractivity contribution in [1.82, 2.24) is 15.6 Å². The summed E-state index contributed by atoms with van der Waals surface area (Å²) in [5.41, 5.74) is 2.03. The average Bonchev–Trinajstić information content (AvgIpc) is 3.58. The standard InChI is InChI=1S/C25H27F2N5O2/c26-20-6-21(32-9-14-1-2-15(10-32)30-14)22(27)23-19(20)5-16(11-34-23)31-25(33)13-4-18-17-3-12(17)7-28-24(18)29-8-13/h4,6,8,12,14-17,30H,1-3,5,7,9-11H2,(H,28,29)(H,31,33)/t12-,14?,15?,16-,17-/m1/s1. The first-order valence-corrected chi connectivity index (χ1v) is 12.2. The largest absolute Gasteiger partial charge is 0.488 e. The number of fused-ring (bicyclic) bond motifs is 6. The number of halogens is 2. The first-order chi connectivity index (χ1) is 16.5. The predicted molar refractivity (Wildman–Crippen MR) is 123 cm³/mol. The Balaban J connectivity index is 1.08. The molecule has 5 aliphatic rings. The van der Waals surface area contributed by atoms with Gasteiger partial charge in [-0.05, 0) is 42.7 Å². The van der Waals surface area contributed by atoms with E-state index in [1.807, 2.05) is 11.0 Å². The number of nitrogens with one attached hydrogen (secondary N) is 3. The Labute approximate surface area is 196 Å². The molecule has 1 amide bonds. The van der Waals surface area contributed by atoms with Crippen LogP contribution in [0.3, 0.4) is 0 Å². The van der Waals surface area contributed by atoms with Gasteiger partial charge in [0.05, 0.1) is 17.3 Å². The van der Waals surface area contributed by atoms with Crippen molar-refractivity contribution in [3.8, 4) is 5.75 Å². The summed E-state index contributed by atoms with van der Waals surface area (Å²) in [5, 5.41) is 9.75. The number of benzene rings is 1. The summed E-state index contributed by atoms with van der Waals surface area (Å²) >= 11 is 0. The molecule has 34 heavy (non-hydrogen) atoms. The van der Waals surface area contributed by atoms with Crippen LogP contribution in [0.2, 0.25) is 0 Å². The highest BCUT2D eigenvalue weighted by Gasteiger charge is 2.43. The number of rotatable bonds is 3. The van der Waals surface area contributed by atoms with Crippen LogP contribution in [0.1, 0.15) is 46.7 Å². The molecule has 4 aliphatic heterocycles. The highest BCUT2D eigenvalue weighted by Crippen LogP contribution is 2.52. The van der Waals surface area contributed by atoms with Gasteiger partial charge >= 0.3 is 0 Å². The van der Waals surface area contributed by atoms with Crippen molar-refractivity contribution in [2.75, 3.05) is 36.5 Å². The van der Waals surface area contributed by atoms with E-state index >= 15 is 8.78 Å². The van der Waals surface area contributed by atoms with E-state index in [1.54, 1.807) is 6.20 Å². The normalized spacial score (nSPS) is 30.4. The van der Waals surface area contributed by atoms with E-state index in [2.05, 4.69) is 20.9 Å². The van der Waals surface area contributed by atoms with Gasteiger partial charge in [0.2, 0.25) is 0 Å². The molecule has 2 aromatic rings. The van der Waals surface area contributed by atoms with E-state index in [4.69, 9.17) is 4.74 Å². The minimum atomic E-state index is -0.507. The molecule has 178 valence electrons. The van der Waals surface area contributed by atoms with Gasteiger partial charge in [0.15, 0.2) is 11.6 Å². The van der Waals surface area contributed by atoms with Gasteiger partial charge in [-0.2, -0.15) is 0 Å². The summed E-state index contributed by atoms with van der Waals surface area (Å²) in [6, 6.07) is 3.38. The molecule has 7 rings (SSSR count). The highest BCUT2D eigenvalue weighted by atomic mass is 19.1. The molecule has 1 aliphatic carbocycles. The molecule has 0 spiro atoms. The fourth-order valence-electron chi connectivity index (χ4n) is 6.16. The Kier molecular flexibility index (Phi) is 4.53. The summed E-state index contributed by atoms with van der Waals surface area (Å²) in [4.78, 5) is 19.3. The molecule has 2 saturated heterocycles. The predicted octanol–water partition coefficient (Wildman–Crippen LogP) is 2.56. The van der Waals surface area contributed by atoms with Gasteiger partial charge in [-0.25, -0.2) is 13.8 Å². The second-order valence-electron chi connectivity index (χ2n) is 10.4. The number of hydrogen-bond donors (Lipinski definition) is 3. The number of nitrogens with zero attached hydrogens (tertiary/aromatic N) is 2. The Morgan fingerprint density at radius 2 is 2.03 bits per heavy atom. The van der Waals surface area contributed by atoms with Gasteiger partial charge in [0.25, 0.3) is 5.91 Å². The zero-order valence-electron chi connectivity index (χ0n) is 18.7. The van der Waals surface area contributed by atoms with Gasteiger partial charge in [-0.15, -0.1) is 0 Å². The summed E-state index contributed by atoms with van der Waals surface area (Å²) in [5.74, 6) is 0.687. The minimum absolute atomic E-state index is 0.0207. The Morgan fingerprint density at radius 3 is 2.85 bits per heavy atom. The van der Waals surface area contributed by atoms with Crippen LogP contribution in [0.5, 0.6) is 5.75 Å². The lowest BCUT2D eigenvalue weighted by Gasteiger charge is -2.36. The fraction of sp³-hybridized carbons (Fsp3) is 0.520. The molecule has 9 heteroatoms. The van der Waals surface area contributed by atoms with Crippen molar-refractivity contribution in [3.63, 3.8) is 0 Å². The molecule has 1 saturated carbocycles. The van der Waals surface area contributed by atoms with Crippen molar-refractivity contribution in [1.29, 1.82) is 0 Å². The first-order valence-electron chi connectivity index (χ1n) is 12.2. The maximum atomic E-state index is 15.4. The number of carbonyl (C=O) groups is 1. The number of hydrogen-bond acceptors (Lipinski definition) is 6. The van der Waals surface area contributed by atoms with Gasteiger partial charge in [-0.3, -0.25) is 4.79 Å². The van der Waals surface area contributed by atoms with Crippen LogP contribution >= 0.6 is 0 Å². The lowest BCUT2D eigenvalue weighted by molar-refractivity contribution is 0.0912. The van der Waals surface area contributed by atoms with Gasteiger partial charge < -0.3 is 25.6 Å². The number of ether oxygens (including phenoxy) is 1. The topological polar surface area (TPSA) is 78.5 Å². The van der Waals surface area contributed by atoms with Crippen molar-refractivity contribution in [2.45, 2.75) is 49.7 Å². The third-order valence-corrected chi connectivity index (χ3v) is 8.06. The van der Waals surface area contributed by atoms with Crippen molar-refractivity contribution < 1.29 is 18.3 Å². The van der Waals surface area contributed by atoms with Crippen LogP contribution in [0, 0.1) is 17.6 Å². The average molecular weight is 468 g/mol.